The van der Waals surface area contributed by atoms with Gasteiger partial charge in [-0.2, -0.15) is 8.42 Å². The molecule has 0 spiro atoms. The van der Waals surface area contributed by atoms with Gasteiger partial charge >= 0.3 is 18.2 Å². The van der Waals surface area contributed by atoms with E-state index in [2.05, 4.69) is 0 Å². The van der Waals surface area contributed by atoms with Crippen LogP contribution in [0, 0.1) is 0 Å². The molecule has 0 heterocycles. The van der Waals surface area contributed by atoms with Crippen LogP contribution in [0.3, 0.4) is 0 Å². The molecule has 8 heavy (non-hydrogen) atoms. The smallest absolute Gasteiger partial charge is 0.309 e. The van der Waals surface area contributed by atoms with Gasteiger partial charge < -0.3 is 18.1 Å². The van der Waals surface area contributed by atoms with Crippen LogP contribution in [0.2, 0.25) is 0 Å². The van der Waals surface area contributed by atoms with Crippen molar-refractivity contribution in [2.24, 2.45) is 0 Å². The lowest BCUT2D eigenvalue weighted by molar-refractivity contribution is 0.490. The number of hydrogen-bond acceptors (Lipinski definition) is 2. The van der Waals surface area contributed by atoms with Crippen molar-refractivity contribution in [3.63, 3.8) is 0 Å². The standard InChI is InChI=1S/CH4O3S.2ClH.Mg/c1-5(2,3)4;;;/h1H3,(H,2,3,4);2*1H;/q;;;+2/p-2. The first-order valence-electron chi connectivity index (χ1n) is 1.46. The fraction of sp³-hybridized carbons (Fsp3) is 1.00. The quantitative estimate of drug-likeness (QED) is 0.448. The van der Waals surface area contributed by atoms with Gasteiger partial charge in [0.1, 0.15) is 0 Å². The molecule has 0 aromatic carbocycles. The monoisotopic (exact) mass is 190 g/mol. The minimum Gasteiger partial charge on any atom is -0.309 e. The van der Waals surface area contributed by atoms with Gasteiger partial charge in [0.2, 0.25) is 0 Å². The molecule has 0 aliphatic carbocycles. The maximum Gasteiger partial charge on any atom is 0.618 e. The largest absolute Gasteiger partial charge is 0.618 e. The van der Waals surface area contributed by atoms with E-state index in [1.54, 1.807) is 0 Å². The van der Waals surface area contributed by atoms with E-state index in [-0.39, 0.29) is 0 Å². The Balaban J connectivity index is 0. The van der Waals surface area contributed by atoms with Crippen molar-refractivity contribution in [3.05, 3.63) is 0 Å². The predicted octanol–water partition coefficient (Wildman–Crippen LogP) is 0.502. The van der Waals surface area contributed by atoms with E-state index in [4.69, 9.17) is 22.7 Å². The Kier molecular flexibility index (Phi) is 9.55. The summed E-state index contributed by atoms with van der Waals surface area (Å²) in [6.45, 7) is 0. The van der Waals surface area contributed by atoms with Crippen molar-refractivity contribution in [2.75, 3.05) is 6.26 Å². The van der Waals surface area contributed by atoms with Crippen LogP contribution in [0.15, 0.2) is 0 Å². The van der Waals surface area contributed by atoms with Gasteiger partial charge in [-0.15, -0.1) is 0 Å². The van der Waals surface area contributed by atoms with E-state index in [0.29, 0.717) is 6.26 Å². The number of rotatable bonds is 0. The zero-order valence-electron chi connectivity index (χ0n) is 4.13. The summed E-state index contributed by atoms with van der Waals surface area (Å²) in [4.78, 5) is 0. The first-order valence-corrected chi connectivity index (χ1v) is 7.58. The van der Waals surface area contributed by atoms with Crippen molar-refractivity contribution in [1.29, 1.82) is 0 Å². The van der Waals surface area contributed by atoms with Crippen molar-refractivity contribution < 1.29 is 13.0 Å². The Morgan fingerprint density at radius 2 is 1.50 bits per heavy atom. The second kappa shape index (κ2) is 6.38. The van der Waals surface area contributed by atoms with Gasteiger partial charge in [-0.05, 0) is 0 Å². The minimum absolute atomic E-state index is 0.639. The Hall–Kier alpha value is 1.26. The minimum atomic E-state index is -3.67. The third-order valence-electron chi connectivity index (χ3n) is 0. The molecule has 0 unspecified atom stereocenters. The normalized spacial score (nSPS) is 8.50. The maximum atomic E-state index is 9.19. The molecular formula is CH4Cl2MgO3S. The Morgan fingerprint density at radius 1 is 1.50 bits per heavy atom. The molecule has 7 heteroatoms. The molecule has 0 aromatic rings. The second-order valence-electron chi connectivity index (χ2n) is 0.834. The van der Waals surface area contributed by atoms with Gasteiger partial charge in [-0.3, -0.25) is 4.55 Å². The van der Waals surface area contributed by atoms with Gasteiger partial charge in [0.25, 0.3) is 10.1 Å². The topological polar surface area (TPSA) is 54.4 Å². The van der Waals surface area contributed by atoms with Crippen LogP contribution in [-0.2, 0) is 10.1 Å². The fourth-order valence-corrected chi connectivity index (χ4v) is 0. The highest BCUT2D eigenvalue weighted by molar-refractivity contribution is 7.85. The van der Waals surface area contributed by atoms with Gasteiger partial charge in [-0.25, -0.2) is 0 Å². The Labute approximate surface area is 65.4 Å². The first kappa shape index (κ1) is 12.0. The Morgan fingerprint density at radius 3 is 1.50 bits per heavy atom. The molecule has 0 saturated heterocycles. The highest BCUT2D eigenvalue weighted by Crippen LogP contribution is 1.67. The van der Waals surface area contributed by atoms with Crippen LogP contribution in [0.25, 0.3) is 0 Å². The average Bonchev–Trinajstić information content (AvgIpc) is 1.27. The zero-order valence-corrected chi connectivity index (χ0v) is 7.88. The number of halogens is 2. The molecule has 0 atom stereocenters. The van der Waals surface area contributed by atoms with Crippen molar-refractivity contribution in [2.45, 2.75) is 0 Å². The predicted molar refractivity (Wildman–Crippen MR) is 34.9 cm³/mol. The summed E-state index contributed by atoms with van der Waals surface area (Å²) in [6, 6.07) is 0. The Bertz CT molecular complexity index is 111. The van der Waals surface area contributed by atoms with Crippen LogP contribution in [0.5, 0.6) is 0 Å². The molecule has 0 amide bonds. The van der Waals surface area contributed by atoms with Crippen LogP contribution >= 0.6 is 18.1 Å². The van der Waals surface area contributed by atoms with Crippen LogP contribution in [0.1, 0.15) is 0 Å². The summed E-state index contributed by atoms with van der Waals surface area (Å²) < 4.78 is 25.9. The van der Waals surface area contributed by atoms with Crippen LogP contribution in [-0.4, -0.2) is 37.4 Å². The molecular weight excluding hydrogens is 187 g/mol. The van der Waals surface area contributed by atoms with E-state index in [1.165, 1.54) is 0 Å². The average molecular weight is 191 g/mol. The maximum absolute atomic E-state index is 9.19. The molecule has 0 bridgehead atoms. The molecule has 0 rings (SSSR count). The van der Waals surface area contributed by atoms with Crippen molar-refractivity contribution in [1.82, 2.24) is 0 Å². The summed E-state index contributed by atoms with van der Waals surface area (Å²) in [5.41, 5.74) is 0. The van der Waals surface area contributed by atoms with Crippen LogP contribution in [0.4, 0.5) is 0 Å². The van der Waals surface area contributed by atoms with E-state index in [0.717, 1.165) is 0 Å². The second-order valence-corrected chi connectivity index (χ2v) is 4.93. The van der Waals surface area contributed by atoms with Gasteiger partial charge in [-0.1, -0.05) is 0 Å². The van der Waals surface area contributed by atoms with E-state index in [1.807, 2.05) is 0 Å². The van der Waals surface area contributed by atoms with Crippen LogP contribution < -0.4 is 0 Å². The van der Waals surface area contributed by atoms with Gasteiger partial charge in [0.05, 0.1) is 6.26 Å². The molecule has 0 fully saturated rings. The third-order valence-corrected chi connectivity index (χ3v) is 0. The third kappa shape index (κ3) is 180. The van der Waals surface area contributed by atoms with Crippen molar-refractivity contribution in [3.8, 4) is 0 Å². The first-order chi connectivity index (χ1) is 3.41. The molecule has 0 aromatic heterocycles. The summed E-state index contributed by atoms with van der Waals surface area (Å²) in [7, 11) is 6.14. The van der Waals surface area contributed by atoms with Crippen molar-refractivity contribution >= 4 is 46.4 Å². The summed E-state index contributed by atoms with van der Waals surface area (Å²) in [5.74, 6) is 0. The fourth-order valence-electron chi connectivity index (χ4n) is 0. The molecule has 0 radical (unpaired) electrons. The molecule has 0 aliphatic heterocycles. The lowest BCUT2D eigenvalue weighted by atomic mass is 12.0. The zero-order chi connectivity index (χ0) is 7.21. The molecule has 3 nitrogen and oxygen atoms in total. The molecule has 0 aliphatic rings. The number of hydrogen-bond donors (Lipinski definition) is 1. The summed E-state index contributed by atoms with van der Waals surface area (Å²) in [5, 5.41) is 0. The SMILES string of the molecule is CS(=O)(=O)O.[Cl][Mg][Cl]. The van der Waals surface area contributed by atoms with E-state index in [9.17, 15) is 8.42 Å². The van der Waals surface area contributed by atoms with E-state index < -0.39 is 28.3 Å². The lowest BCUT2D eigenvalue weighted by Gasteiger charge is -1.69. The highest BCUT2D eigenvalue weighted by atomic mass is 35.6. The summed E-state index contributed by atoms with van der Waals surface area (Å²) in [6.07, 6.45) is 0.715. The molecule has 1 N–H and O–H groups in total. The van der Waals surface area contributed by atoms with Gasteiger partial charge in [0, 0.05) is 0 Å². The summed E-state index contributed by atoms with van der Waals surface area (Å²) >= 11 is -0.639. The lowest BCUT2D eigenvalue weighted by Crippen LogP contribution is -1.88. The molecule has 48 valence electrons. The van der Waals surface area contributed by atoms with Gasteiger partial charge in [0.15, 0.2) is 0 Å². The highest BCUT2D eigenvalue weighted by Gasteiger charge is 1.81. The van der Waals surface area contributed by atoms with E-state index >= 15 is 0 Å². The molecule has 0 saturated carbocycles.